The zero-order valence-corrected chi connectivity index (χ0v) is 26.8. The molecule has 5 rings (SSSR count). The van der Waals surface area contributed by atoms with Crippen LogP contribution in [0.2, 0.25) is 0 Å². The molecular weight excluding hydrogens is 620 g/mol. The summed E-state index contributed by atoms with van der Waals surface area (Å²) in [5, 5.41) is 7.74. The second-order valence-corrected chi connectivity index (χ2v) is 10.3. The second kappa shape index (κ2) is 14.9. The number of halogens is 3. The van der Waals surface area contributed by atoms with Gasteiger partial charge in [0.1, 0.15) is 11.6 Å². The van der Waals surface area contributed by atoms with Crippen LogP contribution in [0.4, 0.5) is 14.5 Å². The predicted molar refractivity (Wildman–Crippen MR) is 173 cm³/mol. The summed E-state index contributed by atoms with van der Waals surface area (Å²) < 4.78 is 53.2. The number of carbonyl (C=O) groups excluding carboxylic acids is 1. The number of aromatic nitrogens is 3. The Morgan fingerprint density at radius 3 is 2.39 bits per heavy atom. The third kappa shape index (κ3) is 7.47. The van der Waals surface area contributed by atoms with Crippen LogP contribution in [0.5, 0.6) is 28.7 Å². The molecular formula is C33H34ClF2N5O5. The molecule has 2 heterocycles. The number of fused-ring (bicyclic) bond motifs is 1. The molecule has 13 heteroatoms. The number of pyridine rings is 1. The van der Waals surface area contributed by atoms with Gasteiger partial charge in [-0.25, -0.2) is 13.5 Å². The fourth-order valence-corrected chi connectivity index (χ4v) is 4.73. The number of nitrogens with one attached hydrogen (secondary N) is 1. The van der Waals surface area contributed by atoms with Crippen molar-refractivity contribution in [3.8, 4) is 34.4 Å². The molecule has 10 nitrogen and oxygen atoms in total. The quantitative estimate of drug-likeness (QED) is 0.159. The van der Waals surface area contributed by atoms with Crippen molar-refractivity contribution in [1.29, 1.82) is 0 Å². The van der Waals surface area contributed by atoms with Gasteiger partial charge in [-0.15, -0.1) is 12.4 Å². The maximum Gasteiger partial charge on any atom is 0.280 e. The molecule has 0 spiro atoms. The van der Waals surface area contributed by atoms with E-state index in [0.717, 1.165) is 11.6 Å². The summed E-state index contributed by atoms with van der Waals surface area (Å²) in [5.74, 6) is -0.177. The molecule has 0 bridgehead atoms. The average molecular weight is 654 g/mol. The Hall–Kier alpha value is -4.94. The summed E-state index contributed by atoms with van der Waals surface area (Å²) in [6.45, 7) is 2.76. The van der Waals surface area contributed by atoms with E-state index in [-0.39, 0.29) is 47.7 Å². The van der Waals surface area contributed by atoms with Crippen molar-refractivity contribution >= 4 is 34.9 Å². The molecule has 0 saturated carbocycles. The molecule has 0 radical (unpaired) electrons. The van der Waals surface area contributed by atoms with Gasteiger partial charge in [0.15, 0.2) is 34.5 Å². The Balaban J connectivity index is 0.00000480. The smallest absolute Gasteiger partial charge is 0.280 e. The Kier molecular flexibility index (Phi) is 11.0. The van der Waals surface area contributed by atoms with Crippen LogP contribution in [0, 0.1) is 11.6 Å². The first-order valence-corrected chi connectivity index (χ1v) is 14.2. The molecule has 0 saturated heterocycles. The summed E-state index contributed by atoms with van der Waals surface area (Å²) >= 11 is 0. The summed E-state index contributed by atoms with van der Waals surface area (Å²) in [6.07, 6.45) is 3.68. The van der Waals surface area contributed by atoms with Crippen molar-refractivity contribution in [3.63, 3.8) is 0 Å². The lowest BCUT2D eigenvalue weighted by atomic mass is 10.1. The first-order valence-electron chi connectivity index (χ1n) is 14.2. The van der Waals surface area contributed by atoms with Crippen molar-refractivity contribution in [2.75, 3.05) is 46.8 Å². The minimum atomic E-state index is -0.703. The lowest BCUT2D eigenvalue weighted by molar-refractivity contribution is 0.101. The number of hydrogen-bond donors (Lipinski definition) is 1. The van der Waals surface area contributed by atoms with E-state index in [4.69, 9.17) is 18.9 Å². The first kappa shape index (κ1) is 33.9. The number of anilines is 1. The number of likely N-dealkylation sites (N-methyl/N-ethyl adjacent to an activating group) is 1. The molecule has 0 fully saturated rings. The number of carbonyl (C=O) groups is 1. The Labute approximate surface area is 271 Å². The topological polar surface area (TPSA) is 100.0 Å². The minimum Gasteiger partial charge on any atom is -0.493 e. The van der Waals surface area contributed by atoms with Crippen LogP contribution < -0.4 is 24.3 Å². The molecule has 46 heavy (non-hydrogen) atoms. The van der Waals surface area contributed by atoms with Gasteiger partial charge in [0, 0.05) is 35.9 Å². The average Bonchev–Trinajstić information content (AvgIpc) is 3.44. The van der Waals surface area contributed by atoms with Crippen molar-refractivity contribution in [1.82, 2.24) is 19.7 Å². The normalized spacial score (nSPS) is 10.9. The maximum absolute atomic E-state index is 15.3. The minimum absolute atomic E-state index is 0. The van der Waals surface area contributed by atoms with Crippen LogP contribution >= 0.6 is 12.4 Å². The largest absolute Gasteiger partial charge is 0.493 e. The van der Waals surface area contributed by atoms with Gasteiger partial charge < -0.3 is 29.2 Å². The highest BCUT2D eigenvalue weighted by Crippen LogP contribution is 2.37. The van der Waals surface area contributed by atoms with Crippen molar-refractivity contribution in [3.05, 3.63) is 89.9 Å². The van der Waals surface area contributed by atoms with E-state index >= 15 is 4.39 Å². The highest BCUT2D eigenvalue weighted by Gasteiger charge is 2.21. The highest BCUT2D eigenvalue weighted by atomic mass is 35.5. The molecule has 0 atom stereocenters. The van der Waals surface area contributed by atoms with Crippen LogP contribution in [0.1, 0.15) is 23.0 Å². The van der Waals surface area contributed by atoms with E-state index in [0.29, 0.717) is 46.8 Å². The number of nitrogens with zero attached hydrogens (tertiary/aromatic N) is 4. The molecule has 0 unspecified atom stereocenters. The van der Waals surface area contributed by atoms with Gasteiger partial charge in [-0.3, -0.25) is 9.78 Å². The lowest BCUT2D eigenvalue weighted by Crippen LogP contribution is -2.17. The van der Waals surface area contributed by atoms with Gasteiger partial charge in [-0.1, -0.05) is 0 Å². The van der Waals surface area contributed by atoms with Gasteiger partial charge >= 0.3 is 0 Å². The third-order valence-electron chi connectivity index (χ3n) is 6.93. The molecule has 242 valence electrons. The van der Waals surface area contributed by atoms with Crippen LogP contribution in [0.25, 0.3) is 16.6 Å². The molecule has 0 aliphatic rings. The van der Waals surface area contributed by atoms with Crippen molar-refractivity contribution in [2.45, 2.75) is 13.3 Å². The lowest BCUT2D eigenvalue weighted by Gasteiger charge is -2.13. The van der Waals surface area contributed by atoms with E-state index in [1.54, 1.807) is 43.6 Å². The first-order chi connectivity index (χ1) is 21.7. The standard InChI is InChI=1S/C33H33F2N5O5.ClH/c1-6-44-31-19-40(26-9-7-21(34)15-20(26)12-14-39(2)3)38-32(31)33(41)37-22-8-10-28(24(35)16-22)45-27-11-13-36-25-18-30(43-5)29(42-4)17-23(25)27;/h7-11,13,15-19H,6,12,14H2,1-5H3,(H,37,41);1H. The van der Waals surface area contributed by atoms with Crippen LogP contribution in [0.15, 0.2) is 67.0 Å². The number of methoxy groups -OCH3 is 2. The molecule has 5 aromatic rings. The van der Waals surface area contributed by atoms with Gasteiger partial charge in [0.2, 0.25) is 0 Å². The summed E-state index contributed by atoms with van der Waals surface area (Å²) in [7, 11) is 6.90. The molecule has 1 N–H and O–H groups in total. The van der Waals surface area contributed by atoms with E-state index < -0.39 is 11.7 Å². The highest BCUT2D eigenvalue weighted by molar-refractivity contribution is 6.04. The number of hydrogen-bond acceptors (Lipinski definition) is 8. The number of benzene rings is 3. The van der Waals surface area contributed by atoms with Crippen LogP contribution in [0.3, 0.4) is 0 Å². The van der Waals surface area contributed by atoms with Crippen LogP contribution in [-0.2, 0) is 6.42 Å². The Morgan fingerprint density at radius 1 is 0.935 bits per heavy atom. The van der Waals surface area contributed by atoms with E-state index in [1.807, 2.05) is 19.0 Å². The molecule has 0 aliphatic carbocycles. The number of ether oxygens (including phenoxy) is 4. The fraction of sp³-hybridized carbons (Fsp3) is 0.242. The fourth-order valence-electron chi connectivity index (χ4n) is 4.73. The number of rotatable bonds is 12. The summed E-state index contributed by atoms with van der Waals surface area (Å²) in [4.78, 5) is 19.7. The van der Waals surface area contributed by atoms with E-state index in [2.05, 4.69) is 15.4 Å². The molecule has 3 aromatic carbocycles. The van der Waals surface area contributed by atoms with Gasteiger partial charge in [0.05, 0.1) is 38.2 Å². The molecule has 1 amide bonds. The maximum atomic E-state index is 15.3. The SMILES string of the molecule is CCOc1cn(-c2ccc(F)cc2CCN(C)C)nc1C(=O)Nc1ccc(Oc2ccnc3cc(OC)c(OC)cc23)c(F)c1.Cl. The molecule has 0 aliphatic heterocycles. The van der Waals surface area contributed by atoms with Gasteiger partial charge in [-0.2, -0.15) is 5.10 Å². The Morgan fingerprint density at radius 2 is 1.70 bits per heavy atom. The monoisotopic (exact) mass is 653 g/mol. The summed E-state index contributed by atoms with van der Waals surface area (Å²) in [6, 6.07) is 13.5. The van der Waals surface area contributed by atoms with Crippen LogP contribution in [-0.4, -0.2) is 67.0 Å². The summed E-state index contributed by atoms with van der Waals surface area (Å²) in [5.41, 5.74) is 2.09. The van der Waals surface area contributed by atoms with Crippen molar-refractivity contribution in [2.24, 2.45) is 0 Å². The zero-order chi connectivity index (χ0) is 32.1. The predicted octanol–water partition coefficient (Wildman–Crippen LogP) is 6.69. The van der Waals surface area contributed by atoms with Gasteiger partial charge in [0.25, 0.3) is 5.91 Å². The van der Waals surface area contributed by atoms with Crippen molar-refractivity contribution < 1.29 is 32.5 Å². The Bertz CT molecular complexity index is 1850. The molecule has 2 aromatic heterocycles. The van der Waals surface area contributed by atoms with Gasteiger partial charge in [-0.05, 0) is 75.5 Å². The zero-order valence-electron chi connectivity index (χ0n) is 26.0. The third-order valence-corrected chi connectivity index (χ3v) is 6.93. The second-order valence-electron chi connectivity index (χ2n) is 10.3. The van der Waals surface area contributed by atoms with E-state index in [9.17, 15) is 9.18 Å². The van der Waals surface area contributed by atoms with E-state index in [1.165, 1.54) is 43.2 Å². The number of amides is 1.